The van der Waals surface area contributed by atoms with Gasteiger partial charge in [0.2, 0.25) is 11.9 Å². The number of anilines is 2. The minimum absolute atomic E-state index is 0.0515. The molecule has 10 heteroatoms. The number of fused-ring (bicyclic) bond motifs is 1. The number of nitrogens with two attached hydrogens (primary N) is 2. The number of ether oxygens (including phenoxy) is 1. The molecule has 0 radical (unpaired) electrons. The van der Waals surface area contributed by atoms with Crippen LogP contribution < -0.4 is 16.4 Å². The van der Waals surface area contributed by atoms with Crippen LogP contribution in [-0.4, -0.2) is 58.1 Å². The van der Waals surface area contributed by atoms with E-state index in [-0.39, 0.29) is 18.1 Å². The Morgan fingerprint density at radius 2 is 2.00 bits per heavy atom. The van der Waals surface area contributed by atoms with Gasteiger partial charge in [-0.2, -0.15) is 4.98 Å². The van der Waals surface area contributed by atoms with E-state index in [0.29, 0.717) is 41.2 Å². The molecule has 2 aromatic rings. The first kappa shape index (κ1) is 19.2. The third-order valence-electron chi connectivity index (χ3n) is 4.25. The van der Waals surface area contributed by atoms with Crippen molar-refractivity contribution in [2.45, 2.75) is 39.3 Å². The number of hydrogen-bond acceptors (Lipinski definition) is 8. The number of thiophene rings is 1. The van der Waals surface area contributed by atoms with Crippen LogP contribution in [0.5, 0.6) is 0 Å². The number of primary amides is 1. The summed E-state index contributed by atoms with van der Waals surface area (Å²) in [5.74, 6) is 0.178. The van der Waals surface area contributed by atoms with E-state index in [2.05, 4.69) is 9.97 Å². The summed E-state index contributed by atoms with van der Waals surface area (Å²) in [4.78, 5) is 37.1. The molecule has 3 heterocycles. The molecule has 1 saturated heterocycles. The lowest BCUT2D eigenvalue weighted by molar-refractivity contribution is 0.0218. The van der Waals surface area contributed by atoms with Gasteiger partial charge in [-0.1, -0.05) is 0 Å². The number of nitrogen functional groups attached to an aromatic ring is 1. The molecule has 0 bridgehead atoms. The van der Waals surface area contributed by atoms with Crippen LogP contribution in [0, 0.1) is 0 Å². The number of carbonyl (C=O) groups excluding carboxylic acids is 2. The molecule has 4 N–H and O–H groups in total. The summed E-state index contributed by atoms with van der Waals surface area (Å²) in [7, 11) is 0. The van der Waals surface area contributed by atoms with Gasteiger partial charge < -0.3 is 26.0 Å². The summed E-state index contributed by atoms with van der Waals surface area (Å²) >= 11 is 1.30. The molecular formula is C17H24N6O3S. The minimum Gasteiger partial charge on any atom is -0.444 e. The number of aromatic nitrogens is 2. The summed E-state index contributed by atoms with van der Waals surface area (Å²) in [5.41, 5.74) is 11.2. The second-order valence-electron chi connectivity index (χ2n) is 7.57. The largest absolute Gasteiger partial charge is 0.444 e. The van der Waals surface area contributed by atoms with Crippen molar-refractivity contribution in [3.05, 3.63) is 10.9 Å². The number of carbonyl (C=O) groups is 2. The molecule has 0 saturated carbocycles. The summed E-state index contributed by atoms with van der Waals surface area (Å²) < 4.78 is 5.46. The van der Waals surface area contributed by atoms with Gasteiger partial charge in [0.1, 0.15) is 16.2 Å². The van der Waals surface area contributed by atoms with Crippen LogP contribution in [0.4, 0.5) is 16.6 Å². The number of piperazine rings is 1. The fourth-order valence-corrected chi connectivity index (χ4v) is 4.02. The fraction of sp³-hybridized carbons (Fsp3) is 0.529. The zero-order valence-electron chi connectivity index (χ0n) is 15.9. The van der Waals surface area contributed by atoms with Crippen molar-refractivity contribution in [1.29, 1.82) is 0 Å². The van der Waals surface area contributed by atoms with E-state index in [4.69, 9.17) is 16.2 Å². The molecule has 0 aromatic carbocycles. The van der Waals surface area contributed by atoms with Crippen LogP contribution in [0.25, 0.3) is 10.2 Å². The highest BCUT2D eigenvalue weighted by molar-refractivity contribution is 7.17. The highest BCUT2D eigenvalue weighted by atomic mass is 32.1. The predicted molar refractivity (Wildman–Crippen MR) is 105 cm³/mol. The Hall–Kier alpha value is -2.62. The van der Waals surface area contributed by atoms with Crippen LogP contribution in [0.15, 0.2) is 5.38 Å². The summed E-state index contributed by atoms with van der Waals surface area (Å²) in [6, 6.07) is -0.0515. The number of rotatable bonds is 2. The smallest absolute Gasteiger partial charge is 0.410 e. The van der Waals surface area contributed by atoms with Gasteiger partial charge in [-0.15, -0.1) is 11.3 Å². The molecule has 2 aromatic heterocycles. The molecule has 0 aliphatic carbocycles. The van der Waals surface area contributed by atoms with Crippen LogP contribution in [-0.2, 0) is 4.74 Å². The fourth-order valence-electron chi connectivity index (χ4n) is 3.09. The second kappa shape index (κ2) is 6.84. The van der Waals surface area contributed by atoms with E-state index in [1.165, 1.54) is 11.3 Å². The summed E-state index contributed by atoms with van der Waals surface area (Å²) in [5, 5.41) is 2.28. The number of amides is 2. The third-order valence-corrected chi connectivity index (χ3v) is 5.12. The first-order valence-electron chi connectivity index (χ1n) is 8.66. The van der Waals surface area contributed by atoms with Gasteiger partial charge in [0.15, 0.2) is 0 Å². The highest BCUT2D eigenvalue weighted by Crippen LogP contribution is 2.34. The molecule has 146 valence electrons. The monoisotopic (exact) mass is 392 g/mol. The van der Waals surface area contributed by atoms with Gasteiger partial charge in [0.25, 0.3) is 0 Å². The van der Waals surface area contributed by atoms with E-state index in [1.54, 1.807) is 10.3 Å². The van der Waals surface area contributed by atoms with E-state index >= 15 is 0 Å². The zero-order valence-corrected chi connectivity index (χ0v) is 16.7. The number of hydrogen-bond donors (Lipinski definition) is 2. The molecule has 2 amide bonds. The maximum atomic E-state index is 12.4. The molecule has 1 aliphatic heterocycles. The Morgan fingerprint density at radius 1 is 1.30 bits per heavy atom. The molecule has 9 nitrogen and oxygen atoms in total. The van der Waals surface area contributed by atoms with Gasteiger partial charge >= 0.3 is 6.09 Å². The van der Waals surface area contributed by atoms with E-state index in [9.17, 15) is 9.59 Å². The van der Waals surface area contributed by atoms with Crippen molar-refractivity contribution in [2.24, 2.45) is 5.73 Å². The Balaban J connectivity index is 1.89. The SMILES string of the molecule is CC1CN(C(=O)OC(C)(C)C)CCN1c1nc(N)nc2scc(C(N)=O)c12. The first-order valence-corrected chi connectivity index (χ1v) is 9.54. The molecule has 1 unspecified atom stereocenters. The van der Waals surface area contributed by atoms with Gasteiger partial charge in [-0.05, 0) is 27.7 Å². The molecule has 1 fully saturated rings. The van der Waals surface area contributed by atoms with Gasteiger partial charge in [0, 0.05) is 31.1 Å². The predicted octanol–water partition coefficient (Wildman–Crippen LogP) is 1.82. The molecule has 1 atom stereocenters. The van der Waals surface area contributed by atoms with E-state index in [1.807, 2.05) is 32.6 Å². The second-order valence-corrected chi connectivity index (χ2v) is 8.43. The third kappa shape index (κ3) is 3.90. The number of nitrogens with zero attached hydrogens (tertiary/aromatic N) is 4. The topological polar surface area (TPSA) is 128 Å². The van der Waals surface area contributed by atoms with Crippen molar-refractivity contribution in [3.8, 4) is 0 Å². The van der Waals surface area contributed by atoms with Gasteiger partial charge in [-0.25, -0.2) is 9.78 Å². The van der Waals surface area contributed by atoms with E-state index in [0.717, 1.165) is 0 Å². The van der Waals surface area contributed by atoms with Gasteiger partial charge in [0.05, 0.1) is 10.9 Å². The Labute approximate surface area is 161 Å². The molecule has 3 rings (SSSR count). The molecule has 0 spiro atoms. The zero-order chi connectivity index (χ0) is 19.9. The first-order chi connectivity index (χ1) is 12.6. The van der Waals surface area contributed by atoms with Gasteiger partial charge in [-0.3, -0.25) is 4.79 Å². The van der Waals surface area contributed by atoms with E-state index < -0.39 is 11.5 Å². The maximum Gasteiger partial charge on any atom is 0.410 e. The average molecular weight is 392 g/mol. The minimum atomic E-state index is -0.544. The van der Waals surface area contributed by atoms with Crippen molar-refractivity contribution >= 4 is 45.3 Å². The molecular weight excluding hydrogens is 368 g/mol. The Morgan fingerprint density at radius 3 is 2.59 bits per heavy atom. The summed E-state index contributed by atoms with van der Waals surface area (Å²) in [6.07, 6.45) is -0.338. The highest BCUT2D eigenvalue weighted by Gasteiger charge is 2.32. The van der Waals surface area contributed by atoms with Crippen LogP contribution in [0.3, 0.4) is 0 Å². The van der Waals surface area contributed by atoms with Crippen molar-refractivity contribution in [3.63, 3.8) is 0 Å². The van der Waals surface area contributed by atoms with Crippen LogP contribution in [0.2, 0.25) is 0 Å². The van der Waals surface area contributed by atoms with Crippen molar-refractivity contribution < 1.29 is 14.3 Å². The summed E-state index contributed by atoms with van der Waals surface area (Å²) in [6.45, 7) is 8.97. The Kier molecular flexibility index (Phi) is 4.85. The lowest BCUT2D eigenvalue weighted by atomic mass is 10.1. The van der Waals surface area contributed by atoms with Crippen molar-refractivity contribution in [2.75, 3.05) is 30.3 Å². The Bertz CT molecular complexity index is 891. The van der Waals surface area contributed by atoms with Crippen LogP contribution >= 0.6 is 11.3 Å². The van der Waals surface area contributed by atoms with Crippen LogP contribution in [0.1, 0.15) is 38.1 Å². The average Bonchev–Trinajstić information content (AvgIpc) is 2.96. The molecule has 27 heavy (non-hydrogen) atoms. The standard InChI is InChI=1S/C17H24N6O3S/c1-9-7-22(16(25)26-17(2,3)4)5-6-23(9)13-11-10(12(18)24)8-27-14(11)21-15(19)20-13/h8-9H,5-7H2,1-4H3,(H2,18,24)(H2,19,20,21). The van der Waals surface area contributed by atoms with Crippen molar-refractivity contribution in [1.82, 2.24) is 14.9 Å². The quantitative estimate of drug-likeness (QED) is 0.798. The molecule has 1 aliphatic rings. The lowest BCUT2D eigenvalue weighted by Gasteiger charge is -2.41. The normalized spacial score (nSPS) is 18.0. The maximum absolute atomic E-state index is 12.4. The lowest BCUT2D eigenvalue weighted by Crippen LogP contribution is -2.55.